The quantitative estimate of drug-likeness (QED) is 0.718. The molecule has 118 valence electrons. The monoisotopic (exact) mass is 282 g/mol. The van der Waals surface area contributed by atoms with Gasteiger partial charge in [0.15, 0.2) is 0 Å². The minimum Gasteiger partial charge on any atom is -0.396 e. The highest BCUT2D eigenvalue weighted by molar-refractivity contribution is 4.84. The molecule has 2 fully saturated rings. The van der Waals surface area contributed by atoms with Gasteiger partial charge < -0.3 is 15.3 Å². The molecule has 0 amide bonds. The second-order valence-corrected chi connectivity index (χ2v) is 6.82. The van der Waals surface area contributed by atoms with Crippen molar-refractivity contribution in [3.8, 4) is 0 Å². The first-order valence-corrected chi connectivity index (χ1v) is 8.91. The van der Waals surface area contributed by atoms with Gasteiger partial charge >= 0.3 is 0 Å². The summed E-state index contributed by atoms with van der Waals surface area (Å²) in [6.07, 6.45) is 11.8. The number of rotatable bonds is 8. The van der Waals surface area contributed by atoms with Crippen LogP contribution in [0.1, 0.15) is 64.7 Å². The Morgan fingerprint density at radius 2 is 1.80 bits per heavy atom. The summed E-state index contributed by atoms with van der Waals surface area (Å²) in [4.78, 5) is 2.74. The maximum absolute atomic E-state index is 9.12. The van der Waals surface area contributed by atoms with Crippen molar-refractivity contribution in [2.24, 2.45) is 5.92 Å². The third kappa shape index (κ3) is 5.01. The van der Waals surface area contributed by atoms with Crippen LogP contribution >= 0.6 is 0 Å². The maximum atomic E-state index is 9.12. The number of nitrogens with one attached hydrogen (secondary N) is 1. The Labute approximate surface area is 125 Å². The number of aliphatic hydroxyl groups is 1. The molecule has 1 atom stereocenters. The minimum absolute atomic E-state index is 0.340. The van der Waals surface area contributed by atoms with Gasteiger partial charge in [-0.25, -0.2) is 0 Å². The van der Waals surface area contributed by atoms with Crippen LogP contribution in [0.2, 0.25) is 0 Å². The molecule has 2 N–H and O–H groups in total. The highest BCUT2D eigenvalue weighted by Gasteiger charge is 2.27. The predicted octanol–water partition coefficient (Wildman–Crippen LogP) is 2.78. The van der Waals surface area contributed by atoms with Crippen LogP contribution in [-0.2, 0) is 0 Å². The van der Waals surface area contributed by atoms with E-state index in [2.05, 4.69) is 17.1 Å². The van der Waals surface area contributed by atoms with E-state index in [-0.39, 0.29) is 0 Å². The Morgan fingerprint density at radius 3 is 2.40 bits per heavy atom. The number of hydrogen-bond acceptors (Lipinski definition) is 3. The first kappa shape index (κ1) is 16.3. The summed E-state index contributed by atoms with van der Waals surface area (Å²) in [7, 11) is 0. The molecular weight excluding hydrogens is 248 g/mol. The molecule has 1 heterocycles. The van der Waals surface area contributed by atoms with E-state index in [1.54, 1.807) is 0 Å². The summed E-state index contributed by atoms with van der Waals surface area (Å²) in [5, 5.41) is 12.9. The maximum Gasteiger partial charge on any atom is 0.0434 e. The van der Waals surface area contributed by atoms with Gasteiger partial charge in [-0.15, -0.1) is 0 Å². The zero-order valence-electron chi connectivity index (χ0n) is 13.3. The smallest absolute Gasteiger partial charge is 0.0434 e. The van der Waals surface area contributed by atoms with Crippen molar-refractivity contribution in [3.05, 3.63) is 0 Å². The van der Waals surface area contributed by atoms with Crippen LogP contribution in [0.5, 0.6) is 0 Å². The molecule has 0 spiro atoms. The Balaban J connectivity index is 1.63. The Bertz CT molecular complexity index is 239. The average molecular weight is 282 g/mol. The molecule has 1 saturated carbocycles. The number of likely N-dealkylation sites (tertiary alicyclic amines) is 1. The van der Waals surface area contributed by atoms with E-state index in [4.69, 9.17) is 5.11 Å². The molecule has 3 heteroatoms. The highest BCUT2D eigenvalue weighted by Crippen LogP contribution is 2.26. The zero-order valence-corrected chi connectivity index (χ0v) is 13.3. The fraction of sp³-hybridized carbons (Fsp3) is 1.00. The molecule has 1 saturated heterocycles. The first-order chi connectivity index (χ1) is 9.83. The molecule has 0 aromatic rings. The lowest BCUT2D eigenvalue weighted by Crippen LogP contribution is -2.46. The molecular formula is C17H34N2O. The van der Waals surface area contributed by atoms with Gasteiger partial charge in [0.2, 0.25) is 0 Å². The van der Waals surface area contributed by atoms with Crippen molar-refractivity contribution < 1.29 is 5.11 Å². The van der Waals surface area contributed by atoms with Crippen LogP contribution in [-0.4, -0.2) is 48.3 Å². The van der Waals surface area contributed by atoms with Crippen LogP contribution in [0.15, 0.2) is 0 Å². The van der Waals surface area contributed by atoms with Crippen molar-refractivity contribution in [3.63, 3.8) is 0 Å². The minimum atomic E-state index is 0.340. The van der Waals surface area contributed by atoms with Crippen molar-refractivity contribution in [1.29, 1.82) is 0 Å². The summed E-state index contributed by atoms with van der Waals surface area (Å²) in [5.74, 6) is 0.665. The summed E-state index contributed by atoms with van der Waals surface area (Å²) in [5.41, 5.74) is 0. The SMILES string of the molecule is CCCC(CCO)CNC1CCN(C2CCCC2)CC1. The molecule has 20 heavy (non-hydrogen) atoms. The molecule has 1 aliphatic carbocycles. The van der Waals surface area contributed by atoms with Crippen molar-refractivity contribution in [2.45, 2.75) is 76.8 Å². The molecule has 0 bridgehead atoms. The summed E-state index contributed by atoms with van der Waals surface area (Å²) in [6.45, 7) is 6.26. The second kappa shape index (κ2) is 9.01. The van der Waals surface area contributed by atoms with Gasteiger partial charge in [-0.2, -0.15) is 0 Å². The van der Waals surface area contributed by atoms with E-state index in [1.807, 2.05) is 0 Å². The van der Waals surface area contributed by atoms with E-state index in [9.17, 15) is 0 Å². The van der Waals surface area contributed by atoms with Crippen LogP contribution in [0, 0.1) is 5.92 Å². The fourth-order valence-electron chi connectivity index (χ4n) is 4.01. The number of piperidine rings is 1. The van der Waals surface area contributed by atoms with Gasteiger partial charge in [0, 0.05) is 18.7 Å². The molecule has 0 aromatic heterocycles. The van der Waals surface area contributed by atoms with Crippen molar-refractivity contribution in [2.75, 3.05) is 26.2 Å². The number of nitrogens with zero attached hydrogens (tertiary/aromatic N) is 1. The summed E-state index contributed by atoms with van der Waals surface area (Å²) < 4.78 is 0. The molecule has 2 aliphatic rings. The van der Waals surface area contributed by atoms with Crippen LogP contribution in [0.25, 0.3) is 0 Å². The van der Waals surface area contributed by atoms with Gasteiger partial charge in [-0.1, -0.05) is 26.2 Å². The third-order valence-corrected chi connectivity index (χ3v) is 5.30. The van der Waals surface area contributed by atoms with E-state index in [0.717, 1.165) is 19.0 Å². The fourth-order valence-corrected chi connectivity index (χ4v) is 4.01. The van der Waals surface area contributed by atoms with E-state index >= 15 is 0 Å². The van der Waals surface area contributed by atoms with Gasteiger partial charge in [0.25, 0.3) is 0 Å². The van der Waals surface area contributed by atoms with Gasteiger partial charge in [0.1, 0.15) is 0 Å². The molecule has 1 aliphatic heterocycles. The average Bonchev–Trinajstić information content (AvgIpc) is 3.00. The van der Waals surface area contributed by atoms with Crippen LogP contribution in [0.4, 0.5) is 0 Å². The van der Waals surface area contributed by atoms with Gasteiger partial charge in [-0.3, -0.25) is 0 Å². The number of aliphatic hydroxyl groups excluding tert-OH is 1. The molecule has 1 unspecified atom stereocenters. The zero-order chi connectivity index (χ0) is 14.2. The summed E-state index contributed by atoms with van der Waals surface area (Å²) >= 11 is 0. The standard InChI is InChI=1S/C17H34N2O/c1-2-5-15(10-13-20)14-18-16-8-11-19(12-9-16)17-6-3-4-7-17/h15-18,20H,2-14H2,1H3. The predicted molar refractivity (Wildman–Crippen MR) is 85.0 cm³/mol. The first-order valence-electron chi connectivity index (χ1n) is 8.91. The third-order valence-electron chi connectivity index (χ3n) is 5.30. The topological polar surface area (TPSA) is 35.5 Å². The van der Waals surface area contributed by atoms with E-state index in [0.29, 0.717) is 18.6 Å². The lowest BCUT2D eigenvalue weighted by molar-refractivity contribution is 0.142. The van der Waals surface area contributed by atoms with Crippen LogP contribution < -0.4 is 5.32 Å². The largest absolute Gasteiger partial charge is 0.396 e. The Hall–Kier alpha value is -0.120. The molecule has 0 aromatic carbocycles. The van der Waals surface area contributed by atoms with E-state index in [1.165, 1.54) is 64.5 Å². The number of hydrogen-bond donors (Lipinski definition) is 2. The molecule has 3 nitrogen and oxygen atoms in total. The van der Waals surface area contributed by atoms with E-state index < -0.39 is 0 Å². The van der Waals surface area contributed by atoms with Crippen molar-refractivity contribution in [1.82, 2.24) is 10.2 Å². The Morgan fingerprint density at radius 1 is 1.10 bits per heavy atom. The lowest BCUT2D eigenvalue weighted by Gasteiger charge is -2.36. The van der Waals surface area contributed by atoms with Gasteiger partial charge in [-0.05, 0) is 64.1 Å². The normalized spacial score (nSPS) is 24.3. The lowest BCUT2D eigenvalue weighted by atomic mass is 9.98. The molecule has 0 radical (unpaired) electrons. The molecule has 2 rings (SSSR count). The summed E-state index contributed by atoms with van der Waals surface area (Å²) in [6, 6.07) is 1.61. The highest BCUT2D eigenvalue weighted by atomic mass is 16.3. The van der Waals surface area contributed by atoms with Crippen LogP contribution in [0.3, 0.4) is 0 Å². The van der Waals surface area contributed by atoms with Gasteiger partial charge in [0.05, 0.1) is 0 Å². The second-order valence-electron chi connectivity index (χ2n) is 6.82. The van der Waals surface area contributed by atoms with Crippen molar-refractivity contribution >= 4 is 0 Å². The Kier molecular flexibility index (Phi) is 7.32.